The SMILES string of the molecule is C/C=C/COC(=O)NCCOCCOCCOC(=O)CCCOCCOCCCCCCCl.CCOC(=O)CCCOCCOCCOC(=O)NCCCN1CCN(Cc2ccc(CC(=O)c3ccc(C)c(C#Cc4cnc5cccnn45)c3)cc2C(F)(F)F)CC1. The third-order valence-corrected chi connectivity index (χ3v) is 14.0. The maximum absolute atomic E-state index is 14.3. The van der Waals surface area contributed by atoms with Gasteiger partial charge in [-0.1, -0.05) is 55.2 Å². The van der Waals surface area contributed by atoms with Crippen LogP contribution in [-0.4, -0.2) is 212 Å². The molecule has 510 valence electrons. The second-order valence-corrected chi connectivity index (χ2v) is 21.3. The Morgan fingerprint density at radius 3 is 1.93 bits per heavy atom. The van der Waals surface area contributed by atoms with Crippen molar-refractivity contribution in [1.29, 1.82) is 0 Å². The number of hydrogen-bond acceptors (Lipinski definition) is 19. The number of halogens is 4. The molecule has 2 aromatic carbocycles. The van der Waals surface area contributed by atoms with Crippen LogP contribution in [0.15, 0.2) is 73.1 Å². The fraction of sp³-hybridized carbons (Fsp3) is 0.591. The van der Waals surface area contributed by atoms with Crippen molar-refractivity contribution in [3.8, 4) is 11.8 Å². The van der Waals surface area contributed by atoms with Crippen molar-refractivity contribution in [2.24, 2.45) is 0 Å². The normalized spacial score (nSPS) is 12.6. The highest BCUT2D eigenvalue weighted by molar-refractivity contribution is 6.17. The van der Waals surface area contributed by atoms with Gasteiger partial charge in [-0.2, -0.15) is 18.3 Å². The van der Waals surface area contributed by atoms with Crippen LogP contribution in [0.3, 0.4) is 0 Å². The van der Waals surface area contributed by atoms with Crippen LogP contribution in [-0.2, 0) is 76.1 Å². The number of carbonyl (C=O) groups excluding carboxylic acids is 5. The number of fused-ring (bicyclic) bond motifs is 1. The van der Waals surface area contributed by atoms with Crippen molar-refractivity contribution >= 4 is 47.2 Å². The molecule has 2 amide bonds. The number of amides is 2. The van der Waals surface area contributed by atoms with E-state index in [1.165, 1.54) is 6.07 Å². The second kappa shape index (κ2) is 48.1. The number of esters is 2. The Morgan fingerprint density at radius 2 is 1.26 bits per heavy atom. The molecule has 3 heterocycles. The van der Waals surface area contributed by atoms with Gasteiger partial charge in [0.15, 0.2) is 11.4 Å². The smallest absolute Gasteiger partial charge is 0.416 e. The van der Waals surface area contributed by atoms with Crippen molar-refractivity contribution in [3.63, 3.8) is 0 Å². The minimum atomic E-state index is -4.58. The number of alkyl halides is 4. The molecule has 5 rings (SSSR count). The van der Waals surface area contributed by atoms with Gasteiger partial charge in [0, 0.05) is 108 Å². The monoisotopic (exact) mass is 1320 g/mol. The highest BCUT2D eigenvalue weighted by Gasteiger charge is 2.34. The Labute approximate surface area is 543 Å². The number of ketones is 1. The Hall–Kier alpha value is -6.73. The number of nitrogens with one attached hydrogen (secondary N) is 2. The molecule has 1 aliphatic rings. The summed E-state index contributed by atoms with van der Waals surface area (Å²) < 4.78 is 96.9. The summed E-state index contributed by atoms with van der Waals surface area (Å²) in [6.45, 7) is 15.8. The first-order chi connectivity index (χ1) is 44.7. The molecule has 1 saturated heterocycles. The number of alkyl carbamates (subject to hydrolysis) is 2. The van der Waals surface area contributed by atoms with Crippen LogP contribution in [0.2, 0.25) is 0 Å². The van der Waals surface area contributed by atoms with E-state index >= 15 is 0 Å². The van der Waals surface area contributed by atoms with Gasteiger partial charge in [0.1, 0.15) is 25.5 Å². The topological polar surface area (TPSA) is 238 Å². The summed E-state index contributed by atoms with van der Waals surface area (Å²) in [6, 6.07) is 12.9. The number of hydrogen-bond donors (Lipinski definition) is 2. The van der Waals surface area contributed by atoms with E-state index < -0.39 is 23.9 Å². The third kappa shape index (κ3) is 34.8. The minimum absolute atomic E-state index is 0.100. The quantitative estimate of drug-likeness (QED) is 0.00799. The summed E-state index contributed by atoms with van der Waals surface area (Å²) in [5, 5.41) is 9.55. The van der Waals surface area contributed by atoms with Crippen molar-refractivity contribution in [2.45, 2.75) is 97.7 Å². The second-order valence-electron chi connectivity index (χ2n) is 20.9. The van der Waals surface area contributed by atoms with Crippen molar-refractivity contribution in [2.75, 3.05) is 157 Å². The molecule has 26 heteroatoms. The molecule has 4 aromatic rings. The zero-order valence-electron chi connectivity index (χ0n) is 53.5. The average Bonchev–Trinajstić information content (AvgIpc) is 1.31. The number of piperazine rings is 1. The molecule has 1 aliphatic heterocycles. The van der Waals surface area contributed by atoms with Crippen molar-refractivity contribution in [3.05, 3.63) is 112 Å². The van der Waals surface area contributed by atoms with E-state index in [2.05, 4.69) is 37.5 Å². The summed E-state index contributed by atoms with van der Waals surface area (Å²) in [4.78, 5) is 68.0. The van der Waals surface area contributed by atoms with Crippen LogP contribution in [0.1, 0.15) is 116 Å². The molecule has 2 N–H and O–H groups in total. The molecular weight excluding hydrogens is 1220 g/mol. The number of rotatable bonds is 44. The fourth-order valence-electron chi connectivity index (χ4n) is 8.82. The molecule has 0 aliphatic carbocycles. The van der Waals surface area contributed by atoms with E-state index in [1.807, 2.05) is 24.8 Å². The van der Waals surface area contributed by atoms with Gasteiger partial charge < -0.3 is 62.9 Å². The number of benzene rings is 2. The van der Waals surface area contributed by atoms with Gasteiger partial charge in [-0.05, 0) is 106 Å². The maximum Gasteiger partial charge on any atom is 0.416 e. The summed E-state index contributed by atoms with van der Waals surface area (Å²) in [5.74, 6) is 6.06. The predicted octanol–water partition coefficient (Wildman–Crippen LogP) is 8.97. The van der Waals surface area contributed by atoms with Gasteiger partial charge >= 0.3 is 30.3 Å². The van der Waals surface area contributed by atoms with E-state index in [-0.39, 0.29) is 68.2 Å². The van der Waals surface area contributed by atoms with Crippen molar-refractivity contribution in [1.82, 2.24) is 35.0 Å². The summed E-state index contributed by atoms with van der Waals surface area (Å²) in [6.07, 6.45) is 7.93. The highest BCUT2D eigenvalue weighted by Crippen LogP contribution is 2.34. The lowest BCUT2D eigenvalue weighted by atomic mass is 9.96. The third-order valence-electron chi connectivity index (χ3n) is 13.7. The average molecular weight is 1320 g/mol. The molecule has 92 heavy (non-hydrogen) atoms. The van der Waals surface area contributed by atoms with Crippen LogP contribution >= 0.6 is 11.6 Å². The lowest BCUT2D eigenvalue weighted by molar-refractivity contribution is -0.146. The number of carbonyl (C=O) groups is 5. The van der Waals surface area contributed by atoms with Gasteiger partial charge in [0.05, 0.1) is 77.8 Å². The number of aromatic nitrogens is 3. The standard InChI is InChI=1S/C43H51F3N6O7.C23H42ClNO8/c1-3-58-41(54)8-5-22-56-23-24-57-25-26-59-42(55)47-15-6-17-50-18-20-51(21-19-50)31-36-12-10-33(27-38(36)43(44,45)46)28-39(53)35-11-9-32(2)34(29-35)13-14-37-30-48-40-7-4-16-49-52(37)40;1-2-3-14-33-23(27)25-11-15-30-18-19-31-20-21-32-22(26)9-8-13-29-17-16-28-12-7-5-4-6-10-24/h4,7,9-12,16,27,29-30H,3,5-6,8,15,17-26,28,31H2,1-2H3,(H,47,55);2-3H,4-21H2,1H3,(H,25,27)/b;3-2+. The number of aryl methyl sites for hydroxylation is 1. The number of allylic oxidation sites excluding steroid dienone is 1. The molecule has 0 saturated carbocycles. The Kier molecular flexibility index (Phi) is 40.6. The molecule has 0 unspecified atom stereocenters. The van der Waals surface area contributed by atoms with E-state index in [0.717, 1.165) is 56.3 Å². The largest absolute Gasteiger partial charge is 0.466 e. The van der Waals surface area contributed by atoms with Crippen LogP contribution in [0.4, 0.5) is 22.8 Å². The lowest BCUT2D eigenvalue weighted by Crippen LogP contribution is -2.46. The van der Waals surface area contributed by atoms with Crippen LogP contribution < -0.4 is 10.6 Å². The van der Waals surface area contributed by atoms with Crippen LogP contribution in [0.5, 0.6) is 0 Å². The van der Waals surface area contributed by atoms with Gasteiger partial charge in [-0.25, -0.2) is 19.1 Å². The van der Waals surface area contributed by atoms with Gasteiger partial charge in [-0.15, -0.1) is 11.6 Å². The van der Waals surface area contributed by atoms with E-state index in [9.17, 15) is 37.1 Å². The molecule has 0 radical (unpaired) electrons. The molecule has 2 aromatic heterocycles. The Morgan fingerprint density at radius 1 is 0.652 bits per heavy atom. The molecule has 0 spiro atoms. The van der Waals surface area contributed by atoms with Gasteiger partial charge in [0.2, 0.25) is 0 Å². The molecule has 1 fully saturated rings. The van der Waals surface area contributed by atoms with Crippen LogP contribution in [0, 0.1) is 18.8 Å². The molecule has 22 nitrogen and oxygen atoms in total. The number of imidazole rings is 1. The van der Waals surface area contributed by atoms with Crippen molar-refractivity contribution < 1.29 is 84.5 Å². The number of ether oxygens (including phenoxy) is 10. The van der Waals surface area contributed by atoms with Gasteiger partial charge in [0.25, 0.3) is 0 Å². The fourth-order valence-corrected chi connectivity index (χ4v) is 9.01. The number of nitrogens with zero attached hydrogens (tertiary/aromatic N) is 5. The molecular formula is C66H93ClF3N7O15. The maximum atomic E-state index is 14.3. The lowest BCUT2D eigenvalue weighted by Gasteiger charge is -2.35. The van der Waals surface area contributed by atoms with Gasteiger partial charge in [-0.3, -0.25) is 19.3 Å². The Balaban J connectivity index is 0.000000466. The first kappa shape index (κ1) is 77.7. The minimum Gasteiger partial charge on any atom is -0.466 e. The first-order valence-corrected chi connectivity index (χ1v) is 32.1. The number of Topliss-reactive ketones (excluding diaryl/α,β-unsaturated/α-hetero) is 1. The molecule has 0 atom stereocenters. The predicted molar refractivity (Wildman–Crippen MR) is 340 cm³/mol. The van der Waals surface area contributed by atoms with E-state index in [4.69, 9.17) is 59.0 Å². The first-order valence-electron chi connectivity index (χ1n) is 31.5. The summed E-state index contributed by atoms with van der Waals surface area (Å²) in [5.41, 5.74) is 2.81. The zero-order chi connectivity index (χ0) is 66.3. The highest BCUT2D eigenvalue weighted by atomic mass is 35.5. The molecule has 0 bridgehead atoms. The van der Waals surface area contributed by atoms with E-state index in [0.29, 0.717) is 167 Å². The summed E-state index contributed by atoms with van der Waals surface area (Å²) >= 11 is 5.62. The summed E-state index contributed by atoms with van der Waals surface area (Å²) in [7, 11) is 0. The zero-order valence-corrected chi connectivity index (χ0v) is 54.3. The van der Waals surface area contributed by atoms with Crippen LogP contribution in [0.25, 0.3) is 5.65 Å². The Bertz CT molecular complexity index is 2850. The van der Waals surface area contributed by atoms with E-state index in [1.54, 1.807) is 66.3 Å². The number of unbranched alkanes of at least 4 members (excludes halogenated alkanes) is 3.